The third-order valence-electron chi connectivity index (χ3n) is 3.02. The van der Waals surface area contributed by atoms with E-state index in [4.69, 9.17) is 0 Å². The van der Waals surface area contributed by atoms with Crippen molar-refractivity contribution in [1.29, 1.82) is 0 Å². The number of benzene rings is 2. The second-order valence-corrected chi connectivity index (χ2v) is 5.72. The summed E-state index contributed by atoms with van der Waals surface area (Å²) in [5.41, 5.74) is 2.50. The molecule has 0 aromatic heterocycles. The van der Waals surface area contributed by atoms with Crippen molar-refractivity contribution in [3.63, 3.8) is 0 Å². The van der Waals surface area contributed by atoms with Crippen LogP contribution in [0, 0.1) is 6.92 Å². The molecule has 0 aliphatic heterocycles. The molecule has 0 aliphatic rings. The molecular formula is C16H16BrNO2. The van der Waals surface area contributed by atoms with Crippen LogP contribution >= 0.6 is 15.9 Å². The third kappa shape index (κ3) is 3.61. The van der Waals surface area contributed by atoms with Crippen molar-refractivity contribution in [2.24, 2.45) is 0 Å². The Labute approximate surface area is 126 Å². The Morgan fingerprint density at radius 3 is 2.65 bits per heavy atom. The lowest BCUT2D eigenvalue weighted by molar-refractivity contribution is 0.0939. The maximum absolute atomic E-state index is 12.2. The molecule has 2 aromatic rings. The molecule has 2 N–H and O–H groups in total. The average molecular weight is 334 g/mol. The third-order valence-corrected chi connectivity index (χ3v) is 3.48. The van der Waals surface area contributed by atoms with Crippen LogP contribution in [-0.2, 0) is 0 Å². The van der Waals surface area contributed by atoms with Crippen molar-refractivity contribution >= 4 is 21.8 Å². The Balaban J connectivity index is 2.15. The molecule has 0 aliphatic carbocycles. The molecule has 1 unspecified atom stereocenters. The predicted octanol–water partition coefficient (Wildman–Crippen LogP) is 3.95. The fourth-order valence-electron chi connectivity index (χ4n) is 2.02. The minimum atomic E-state index is -0.172. The first-order valence-electron chi connectivity index (χ1n) is 6.32. The SMILES string of the molecule is Cc1cc(Br)cc(C(=O)NC(C)c2cccc(O)c2)c1. The molecule has 3 nitrogen and oxygen atoms in total. The summed E-state index contributed by atoms with van der Waals surface area (Å²) in [5, 5.41) is 12.4. The molecule has 0 heterocycles. The zero-order valence-electron chi connectivity index (χ0n) is 11.4. The van der Waals surface area contributed by atoms with Gasteiger partial charge >= 0.3 is 0 Å². The number of carbonyl (C=O) groups excluding carboxylic acids is 1. The summed E-state index contributed by atoms with van der Waals surface area (Å²) in [6.07, 6.45) is 0. The smallest absolute Gasteiger partial charge is 0.251 e. The van der Waals surface area contributed by atoms with Crippen LogP contribution in [0.15, 0.2) is 46.9 Å². The number of phenolic OH excluding ortho intramolecular Hbond substituents is 1. The number of rotatable bonds is 3. The van der Waals surface area contributed by atoms with Gasteiger partial charge in [0.2, 0.25) is 0 Å². The standard InChI is InChI=1S/C16H16BrNO2/c1-10-6-13(8-14(17)7-10)16(20)18-11(2)12-4-3-5-15(19)9-12/h3-9,11,19H,1-2H3,(H,18,20). The molecule has 1 amide bonds. The van der Waals surface area contributed by atoms with E-state index in [9.17, 15) is 9.90 Å². The van der Waals surface area contributed by atoms with E-state index in [0.29, 0.717) is 5.56 Å². The summed E-state index contributed by atoms with van der Waals surface area (Å²) in [6.45, 7) is 3.83. The zero-order chi connectivity index (χ0) is 14.7. The molecular weight excluding hydrogens is 318 g/mol. The number of halogens is 1. The van der Waals surface area contributed by atoms with Gasteiger partial charge in [0.05, 0.1) is 6.04 Å². The van der Waals surface area contributed by atoms with Gasteiger partial charge in [-0.1, -0.05) is 28.1 Å². The summed E-state index contributed by atoms with van der Waals surface area (Å²) < 4.78 is 0.882. The van der Waals surface area contributed by atoms with E-state index in [1.165, 1.54) is 0 Å². The Hall–Kier alpha value is -1.81. The minimum absolute atomic E-state index is 0.134. The summed E-state index contributed by atoms with van der Waals surface area (Å²) >= 11 is 3.39. The van der Waals surface area contributed by atoms with Gasteiger partial charge in [-0.25, -0.2) is 0 Å². The van der Waals surface area contributed by atoms with Gasteiger partial charge in [0.25, 0.3) is 5.91 Å². The minimum Gasteiger partial charge on any atom is -0.508 e. The molecule has 2 rings (SSSR count). The van der Waals surface area contributed by atoms with Crippen LogP contribution in [0.2, 0.25) is 0 Å². The Morgan fingerprint density at radius 2 is 2.00 bits per heavy atom. The summed E-state index contributed by atoms with van der Waals surface area (Å²) in [5.74, 6) is 0.0622. The molecule has 0 radical (unpaired) electrons. The van der Waals surface area contributed by atoms with E-state index in [1.807, 2.05) is 32.0 Å². The van der Waals surface area contributed by atoms with E-state index < -0.39 is 0 Å². The van der Waals surface area contributed by atoms with Gasteiger partial charge in [-0.05, 0) is 55.3 Å². The Morgan fingerprint density at radius 1 is 1.25 bits per heavy atom. The van der Waals surface area contributed by atoms with Crippen LogP contribution in [0.5, 0.6) is 5.75 Å². The van der Waals surface area contributed by atoms with Crippen molar-refractivity contribution in [3.05, 3.63) is 63.6 Å². The van der Waals surface area contributed by atoms with E-state index in [-0.39, 0.29) is 17.7 Å². The average Bonchev–Trinajstić information content (AvgIpc) is 2.37. The number of amides is 1. The highest BCUT2D eigenvalue weighted by Gasteiger charge is 2.12. The summed E-state index contributed by atoms with van der Waals surface area (Å²) in [7, 11) is 0. The van der Waals surface area contributed by atoms with Crippen molar-refractivity contribution < 1.29 is 9.90 Å². The fourth-order valence-corrected chi connectivity index (χ4v) is 2.63. The highest BCUT2D eigenvalue weighted by atomic mass is 79.9. The molecule has 0 saturated carbocycles. The van der Waals surface area contributed by atoms with E-state index in [1.54, 1.807) is 24.3 Å². The van der Waals surface area contributed by atoms with Crippen LogP contribution in [-0.4, -0.2) is 11.0 Å². The molecule has 0 bridgehead atoms. The van der Waals surface area contributed by atoms with Crippen LogP contribution in [0.4, 0.5) is 0 Å². The first-order valence-corrected chi connectivity index (χ1v) is 7.12. The van der Waals surface area contributed by atoms with Crippen LogP contribution in [0.25, 0.3) is 0 Å². The molecule has 0 spiro atoms. The zero-order valence-corrected chi connectivity index (χ0v) is 12.9. The largest absolute Gasteiger partial charge is 0.508 e. The maximum atomic E-state index is 12.2. The van der Waals surface area contributed by atoms with Gasteiger partial charge in [0.15, 0.2) is 0 Å². The molecule has 0 fully saturated rings. The summed E-state index contributed by atoms with van der Waals surface area (Å²) in [4.78, 5) is 12.2. The summed E-state index contributed by atoms with van der Waals surface area (Å²) in [6, 6.07) is 12.3. The molecule has 20 heavy (non-hydrogen) atoms. The van der Waals surface area contributed by atoms with E-state index >= 15 is 0 Å². The number of aryl methyl sites for hydroxylation is 1. The van der Waals surface area contributed by atoms with Gasteiger partial charge in [0, 0.05) is 10.0 Å². The fraction of sp³-hybridized carbons (Fsp3) is 0.188. The van der Waals surface area contributed by atoms with E-state index in [2.05, 4.69) is 21.2 Å². The lowest BCUT2D eigenvalue weighted by atomic mass is 10.1. The number of hydrogen-bond donors (Lipinski definition) is 2. The van der Waals surface area contributed by atoms with Crippen molar-refractivity contribution in [1.82, 2.24) is 5.32 Å². The number of aromatic hydroxyl groups is 1. The van der Waals surface area contributed by atoms with Crippen molar-refractivity contribution in [2.45, 2.75) is 19.9 Å². The molecule has 0 saturated heterocycles. The highest BCUT2D eigenvalue weighted by molar-refractivity contribution is 9.10. The topological polar surface area (TPSA) is 49.3 Å². The quantitative estimate of drug-likeness (QED) is 0.893. The molecule has 2 aromatic carbocycles. The predicted molar refractivity (Wildman–Crippen MR) is 82.9 cm³/mol. The van der Waals surface area contributed by atoms with Crippen LogP contribution < -0.4 is 5.32 Å². The highest BCUT2D eigenvalue weighted by Crippen LogP contribution is 2.19. The van der Waals surface area contributed by atoms with Crippen LogP contribution in [0.3, 0.4) is 0 Å². The van der Waals surface area contributed by atoms with Crippen LogP contribution in [0.1, 0.15) is 34.5 Å². The molecule has 4 heteroatoms. The maximum Gasteiger partial charge on any atom is 0.251 e. The first-order chi connectivity index (χ1) is 9.45. The normalized spacial score (nSPS) is 11.9. The lowest BCUT2D eigenvalue weighted by Gasteiger charge is -2.15. The van der Waals surface area contributed by atoms with Crippen molar-refractivity contribution in [3.8, 4) is 5.75 Å². The lowest BCUT2D eigenvalue weighted by Crippen LogP contribution is -2.26. The number of nitrogens with one attached hydrogen (secondary N) is 1. The molecule has 1 atom stereocenters. The van der Waals surface area contributed by atoms with Gasteiger partial charge in [-0.3, -0.25) is 4.79 Å². The van der Waals surface area contributed by atoms with E-state index in [0.717, 1.165) is 15.6 Å². The van der Waals surface area contributed by atoms with Gasteiger partial charge in [0.1, 0.15) is 5.75 Å². The Kier molecular flexibility index (Phi) is 4.45. The second-order valence-electron chi connectivity index (χ2n) is 4.81. The number of hydrogen-bond acceptors (Lipinski definition) is 2. The Bertz CT molecular complexity index is 620. The van der Waals surface area contributed by atoms with Gasteiger partial charge in [-0.15, -0.1) is 0 Å². The number of phenols is 1. The second kappa shape index (κ2) is 6.09. The monoisotopic (exact) mass is 333 g/mol. The first kappa shape index (κ1) is 14.6. The number of carbonyl (C=O) groups is 1. The van der Waals surface area contributed by atoms with Gasteiger partial charge in [-0.2, -0.15) is 0 Å². The van der Waals surface area contributed by atoms with Gasteiger partial charge < -0.3 is 10.4 Å². The molecule has 104 valence electrons. The van der Waals surface area contributed by atoms with Crippen molar-refractivity contribution in [2.75, 3.05) is 0 Å².